The summed E-state index contributed by atoms with van der Waals surface area (Å²) in [6.45, 7) is 9.03. The van der Waals surface area contributed by atoms with Gasteiger partial charge in [-0.05, 0) is 30.6 Å². The highest BCUT2D eigenvalue weighted by molar-refractivity contribution is 4.81. The van der Waals surface area contributed by atoms with Crippen LogP contribution in [0.3, 0.4) is 0 Å². The minimum absolute atomic E-state index is 0.326. The van der Waals surface area contributed by atoms with E-state index in [2.05, 4.69) is 26.1 Å². The highest BCUT2D eigenvalue weighted by Crippen LogP contribution is 2.34. The van der Waals surface area contributed by atoms with Crippen molar-refractivity contribution in [3.8, 4) is 0 Å². The van der Waals surface area contributed by atoms with Crippen LogP contribution in [0.15, 0.2) is 0 Å². The average Bonchev–Trinajstić information content (AvgIpc) is 2.17. The molecule has 0 amide bonds. The molecule has 0 bridgehead atoms. The smallest absolute Gasteiger partial charge is 0.0167 e. The van der Waals surface area contributed by atoms with E-state index < -0.39 is 0 Å². The highest BCUT2D eigenvalue weighted by atomic mass is 14.9. The summed E-state index contributed by atoms with van der Waals surface area (Å²) in [5.41, 5.74) is 6.61. The normalized spacial score (nSPS) is 22.3. The lowest BCUT2D eigenvalue weighted by molar-refractivity contribution is 0.206. The van der Waals surface area contributed by atoms with Gasteiger partial charge in [-0.1, -0.05) is 40.0 Å². The highest BCUT2D eigenvalue weighted by Gasteiger charge is 2.26. The summed E-state index contributed by atoms with van der Waals surface area (Å²) in [4.78, 5) is 0. The third kappa shape index (κ3) is 5.31. The third-order valence-corrected chi connectivity index (χ3v) is 3.79. The largest absolute Gasteiger partial charge is 0.327 e. The Morgan fingerprint density at radius 3 is 2.38 bits per heavy atom. The van der Waals surface area contributed by atoms with Crippen molar-refractivity contribution in [1.82, 2.24) is 5.32 Å². The van der Waals surface area contributed by atoms with E-state index in [9.17, 15) is 0 Å². The maximum Gasteiger partial charge on any atom is 0.0167 e. The molecular weight excluding hydrogens is 196 g/mol. The topological polar surface area (TPSA) is 38.0 Å². The van der Waals surface area contributed by atoms with E-state index in [-0.39, 0.29) is 0 Å². The van der Waals surface area contributed by atoms with Gasteiger partial charge in [-0.15, -0.1) is 0 Å². The minimum Gasteiger partial charge on any atom is -0.327 e. The van der Waals surface area contributed by atoms with Gasteiger partial charge in [-0.25, -0.2) is 0 Å². The van der Waals surface area contributed by atoms with Crippen LogP contribution in [0.4, 0.5) is 0 Å². The molecule has 0 heterocycles. The molecule has 0 spiro atoms. The van der Waals surface area contributed by atoms with Gasteiger partial charge in [-0.2, -0.15) is 0 Å². The molecule has 2 heteroatoms. The van der Waals surface area contributed by atoms with E-state index in [0.29, 0.717) is 17.4 Å². The zero-order valence-electron chi connectivity index (χ0n) is 11.4. The van der Waals surface area contributed by atoms with Crippen LogP contribution in [0, 0.1) is 11.3 Å². The van der Waals surface area contributed by atoms with E-state index in [1.807, 2.05) is 0 Å². The molecule has 96 valence electrons. The number of rotatable bonds is 6. The third-order valence-electron chi connectivity index (χ3n) is 3.79. The average molecular weight is 226 g/mol. The van der Waals surface area contributed by atoms with Crippen LogP contribution in [0.2, 0.25) is 0 Å². The van der Waals surface area contributed by atoms with Gasteiger partial charge >= 0.3 is 0 Å². The predicted molar refractivity (Wildman–Crippen MR) is 71.5 cm³/mol. The van der Waals surface area contributed by atoms with Gasteiger partial charge in [0.2, 0.25) is 0 Å². The summed E-state index contributed by atoms with van der Waals surface area (Å²) >= 11 is 0. The van der Waals surface area contributed by atoms with Crippen molar-refractivity contribution in [2.24, 2.45) is 17.1 Å². The SMILES string of the molecule is CC(C)CC(N)CNCC1(C)CCCCC1. The zero-order valence-corrected chi connectivity index (χ0v) is 11.4. The zero-order chi connectivity index (χ0) is 12.0. The fraction of sp³-hybridized carbons (Fsp3) is 1.00. The molecule has 0 saturated heterocycles. The first-order valence-corrected chi connectivity index (χ1v) is 6.98. The molecule has 16 heavy (non-hydrogen) atoms. The molecule has 0 aliphatic heterocycles. The fourth-order valence-corrected chi connectivity index (χ4v) is 2.83. The Bertz CT molecular complexity index is 183. The summed E-state index contributed by atoms with van der Waals surface area (Å²) in [5, 5.41) is 3.58. The standard InChI is InChI=1S/C14H30N2/c1-12(2)9-13(15)10-16-11-14(3)7-5-4-6-8-14/h12-13,16H,4-11,15H2,1-3H3. The van der Waals surface area contributed by atoms with Crippen molar-refractivity contribution in [2.75, 3.05) is 13.1 Å². The van der Waals surface area contributed by atoms with Gasteiger partial charge in [0, 0.05) is 19.1 Å². The van der Waals surface area contributed by atoms with Crippen molar-refractivity contribution in [3.05, 3.63) is 0 Å². The Morgan fingerprint density at radius 1 is 1.19 bits per heavy atom. The molecule has 0 aromatic heterocycles. The molecule has 1 atom stereocenters. The van der Waals surface area contributed by atoms with Crippen LogP contribution >= 0.6 is 0 Å². The maximum absolute atomic E-state index is 6.07. The van der Waals surface area contributed by atoms with Gasteiger partial charge in [0.05, 0.1) is 0 Å². The molecular formula is C14H30N2. The summed E-state index contributed by atoms with van der Waals surface area (Å²) < 4.78 is 0. The Morgan fingerprint density at radius 2 is 1.81 bits per heavy atom. The van der Waals surface area contributed by atoms with Crippen LogP contribution in [-0.2, 0) is 0 Å². The minimum atomic E-state index is 0.326. The van der Waals surface area contributed by atoms with Gasteiger partial charge in [-0.3, -0.25) is 0 Å². The van der Waals surface area contributed by atoms with Crippen molar-refractivity contribution in [3.63, 3.8) is 0 Å². The first-order valence-electron chi connectivity index (χ1n) is 6.98. The molecule has 3 N–H and O–H groups in total. The lowest BCUT2D eigenvalue weighted by atomic mass is 9.76. The van der Waals surface area contributed by atoms with Crippen molar-refractivity contribution >= 4 is 0 Å². The lowest BCUT2D eigenvalue weighted by Gasteiger charge is -2.34. The second kappa shape index (κ2) is 6.61. The number of hydrogen-bond acceptors (Lipinski definition) is 2. The monoisotopic (exact) mass is 226 g/mol. The Hall–Kier alpha value is -0.0800. The lowest BCUT2D eigenvalue weighted by Crippen LogP contribution is -2.40. The van der Waals surface area contributed by atoms with E-state index >= 15 is 0 Å². The van der Waals surface area contributed by atoms with Crippen molar-refractivity contribution < 1.29 is 0 Å². The Kier molecular flexibility index (Phi) is 5.77. The quantitative estimate of drug-likeness (QED) is 0.731. The van der Waals surface area contributed by atoms with Gasteiger partial charge in [0.25, 0.3) is 0 Å². The van der Waals surface area contributed by atoms with E-state index in [1.165, 1.54) is 32.1 Å². The summed E-state index contributed by atoms with van der Waals surface area (Å²) in [6, 6.07) is 0.326. The Labute approximate surface area is 101 Å². The van der Waals surface area contributed by atoms with E-state index in [4.69, 9.17) is 5.73 Å². The van der Waals surface area contributed by atoms with Gasteiger partial charge in [0.1, 0.15) is 0 Å². The second-order valence-corrected chi connectivity index (χ2v) is 6.39. The van der Waals surface area contributed by atoms with Gasteiger partial charge in [0.15, 0.2) is 0 Å². The predicted octanol–water partition coefficient (Wildman–Crippen LogP) is 2.92. The molecule has 0 radical (unpaired) electrons. The summed E-state index contributed by atoms with van der Waals surface area (Å²) in [7, 11) is 0. The number of hydrogen-bond donors (Lipinski definition) is 2. The van der Waals surface area contributed by atoms with Crippen molar-refractivity contribution in [1.29, 1.82) is 0 Å². The molecule has 1 saturated carbocycles. The van der Waals surface area contributed by atoms with Crippen LogP contribution in [0.1, 0.15) is 59.3 Å². The molecule has 1 aliphatic rings. The Balaban J connectivity index is 2.13. The van der Waals surface area contributed by atoms with Gasteiger partial charge < -0.3 is 11.1 Å². The molecule has 1 rings (SSSR count). The number of nitrogens with one attached hydrogen (secondary N) is 1. The molecule has 1 fully saturated rings. The summed E-state index contributed by atoms with van der Waals surface area (Å²) in [6.07, 6.45) is 8.16. The fourth-order valence-electron chi connectivity index (χ4n) is 2.83. The van der Waals surface area contributed by atoms with E-state index in [1.54, 1.807) is 0 Å². The second-order valence-electron chi connectivity index (χ2n) is 6.39. The summed E-state index contributed by atoms with van der Waals surface area (Å²) in [5.74, 6) is 0.710. The van der Waals surface area contributed by atoms with Crippen LogP contribution in [0.25, 0.3) is 0 Å². The van der Waals surface area contributed by atoms with E-state index in [0.717, 1.165) is 19.5 Å². The first kappa shape index (κ1) is 14.0. The molecule has 0 aromatic carbocycles. The van der Waals surface area contributed by atoms with Crippen LogP contribution in [-0.4, -0.2) is 19.1 Å². The maximum atomic E-state index is 6.07. The molecule has 0 aromatic rings. The molecule has 1 unspecified atom stereocenters. The molecule has 1 aliphatic carbocycles. The molecule has 2 nitrogen and oxygen atoms in total. The van der Waals surface area contributed by atoms with Crippen molar-refractivity contribution in [2.45, 2.75) is 65.3 Å². The first-order chi connectivity index (χ1) is 7.52. The van der Waals surface area contributed by atoms with Crippen LogP contribution < -0.4 is 11.1 Å². The number of nitrogens with two attached hydrogens (primary N) is 1. The van der Waals surface area contributed by atoms with Crippen LogP contribution in [0.5, 0.6) is 0 Å².